The Hall–Kier alpha value is -2.53. The van der Waals surface area contributed by atoms with E-state index in [2.05, 4.69) is 36.2 Å². The fourth-order valence-electron chi connectivity index (χ4n) is 3.49. The van der Waals surface area contributed by atoms with Crippen molar-refractivity contribution in [3.63, 3.8) is 0 Å². The summed E-state index contributed by atoms with van der Waals surface area (Å²) in [6.45, 7) is 3.99. The van der Waals surface area contributed by atoms with E-state index in [1.807, 2.05) is 30.0 Å². The number of ketones is 2. The molecule has 0 fully saturated rings. The molecule has 26 heavy (non-hydrogen) atoms. The van der Waals surface area contributed by atoms with E-state index in [0.717, 1.165) is 15.4 Å². The number of aromatic nitrogens is 2. The second-order valence-electron chi connectivity index (χ2n) is 7.04. The second kappa shape index (κ2) is 6.32. The molecule has 0 saturated heterocycles. The first-order chi connectivity index (χ1) is 12.5. The maximum Gasteiger partial charge on any atom is 0.179 e. The lowest BCUT2D eigenvalue weighted by atomic mass is 9.84. The highest BCUT2D eigenvalue weighted by Crippen LogP contribution is 2.34. The van der Waals surface area contributed by atoms with Crippen LogP contribution < -0.4 is 0 Å². The van der Waals surface area contributed by atoms with Gasteiger partial charge in [0.05, 0.1) is 17.0 Å². The van der Waals surface area contributed by atoms with Crippen molar-refractivity contribution in [1.29, 1.82) is 0 Å². The first kappa shape index (κ1) is 16.9. The van der Waals surface area contributed by atoms with Crippen LogP contribution in [0.3, 0.4) is 0 Å². The van der Waals surface area contributed by atoms with Crippen LogP contribution in [-0.4, -0.2) is 21.1 Å². The van der Waals surface area contributed by atoms with Gasteiger partial charge in [0.15, 0.2) is 11.6 Å². The molecule has 4 nitrogen and oxygen atoms in total. The molecule has 4 rings (SSSR count). The van der Waals surface area contributed by atoms with Crippen molar-refractivity contribution >= 4 is 22.9 Å². The van der Waals surface area contributed by atoms with Crippen LogP contribution in [0.1, 0.15) is 40.8 Å². The lowest BCUT2D eigenvalue weighted by Crippen LogP contribution is -2.44. The van der Waals surface area contributed by atoms with Crippen LogP contribution in [-0.2, 0) is 16.8 Å². The van der Waals surface area contributed by atoms with Crippen LogP contribution in [0.15, 0.2) is 48.8 Å². The molecule has 0 saturated carbocycles. The first-order valence-corrected chi connectivity index (χ1v) is 9.55. The summed E-state index contributed by atoms with van der Waals surface area (Å²) in [7, 11) is 0. The predicted molar refractivity (Wildman–Crippen MR) is 103 cm³/mol. The zero-order chi connectivity index (χ0) is 18.3. The summed E-state index contributed by atoms with van der Waals surface area (Å²) in [5.74, 6) is 0.212. The molecule has 0 radical (unpaired) electrons. The third kappa shape index (κ3) is 2.82. The SMILES string of the molecule is Cc1ccc(-c2cnc(CC(=O)C3(C)CCC(=O)c4cccn43)s2)cc1. The molecule has 0 N–H and O–H groups in total. The largest absolute Gasteiger partial charge is 0.332 e. The summed E-state index contributed by atoms with van der Waals surface area (Å²) in [6, 6.07) is 11.9. The Kier molecular flexibility index (Phi) is 4.11. The normalized spacial score (nSPS) is 19.4. The monoisotopic (exact) mass is 364 g/mol. The molecule has 1 aliphatic heterocycles. The molecule has 1 aliphatic rings. The summed E-state index contributed by atoms with van der Waals surface area (Å²) in [5.41, 5.74) is 2.29. The van der Waals surface area contributed by atoms with Crippen molar-refractivity contribution in [2.75, 3.05) is 0 Å². The molecule has 3 aromatic rings. The van der Waals surface area contributed by atoms with Crippen LogP contribution in [0.2, 0.25) is 0 Å². The minimum absolute atomic E-state index is 0.104. The van der Waals surface area contributed by atoms with Gasteiger partial charge in [-0.25, -0.2) is 4.98 Å². The van der Waals surface area contributed by atoms with Gasteiger partial charge in [0.2, 0.25) is 0 Å². The minimum atomic E-state index is -0.678. The molecule has 1 aromatic carbocycles. The summed E-state index contributed by atoms with van der Waals surface area (Å²) >= 11 is 1.56. The summed E-state index contributed by atoms with van der Waals surface area (Å²) in [6.07, 6.45) is 4.93. The zero-order valence-corrected chi connectivity index (χ0v) is 15.7. The molecule has 0 spiro atoms. The number of Topliss-reactive ketones (excluding diaryl/α,β-unsaturated/α-hetero) is 2. The van der Waals surface area contributed by atoms with Crippen molar-refractivity contribution in [2.45, 2.75) is 38.6 Å². The molecule has 1 atom stereocenters. The average Bonchev–Trinajstić information content (AvgIpc) is 3.29. The van der Waals surface area contributed by atoms with Gasteiger partial charge in [0.25, 0.3) is 0 Å². The highest BCUT2D eigenvalue weighted by atomic mass is 32.1. The highest BCUT2D eigenvalue weighted by molar-refractivity contribution is 7.15. The fraction of sp³-hybridized carbons (Fsp3) is 0.286. The van der Waals surface area contributed by atoms with E-state index in [0.29, 0.717) is 25.0 Å². The number of nitrogens with zero attached hydrogens (tertiary/aromatic N) is 2. The Balaban J connectivity index is 1.57. The van der Waals surface area contributed by atoms with Crippen LogP contribution in [0.5, 0.6) is 0 Å². The number of carbonyl (C=O) groups is 2. The maximum absolute atomic E-state index is 13.1. The van der Waals surface area contributed by atoms with Gasteiger partial charge in [0, 0.05) is 18.8 Å². The van der Waals surface area contributed by atoms with E-state index in [9.17, 15) is 9.59 Å². The van der Waals surface area contributed by atoms with E-state index in [-0.39, 0.29) is 11.6 Å². The van der Waals surface area contributed by atoms with Gasteiger partial charge >= 0.3 is 0 Å². The van der Waals surface area contributed by atoms with E-state index < -0.39 is 5.54 Å². The number of benzene rings is 1. The van der Waals surface area contributed by atoms with Crippen molar-refractivity contribution in [3.8, 4) is 10.4 Å². The number of hydrogen-bond acceptors (Lipinski definition) is 4. The summed E-state index contributed by atoms with van der Waals surface area (Å²) in [4.78, 5) is 30.7. The number of carbonyl (C=O) groups excluding carboxylic acids is 2. The molecule has 3 heterocycles. The van der Waals surface area contributed by atoms with Gasteiger partial charge in [-0.2, -0.15) is 0 Å². The van der Waals surface area contributed by atoms with Gasteiger partial charge in [-0.1, -0.05) is 29.8 Å². The standard InChI is InChI=1S/C21H20N2O2S/c1-14-5-7-15(8-6-14)18-13-22-20(26-18)12-19(25)21(2)10-9-17(24)16-4-3-11-23(16)21/h3-8,11,13H,9-10,12H2,1-2H3. The molecule has 0 aliphatic carbocycles. The molecular weight excluding hydrogens is 344 g/mol. The van der Waals surface area contributed by atoms with Crippen molar-refractivity contribution < 1.29 is 9.59 Å². The maximum atomic E-state index is 13.1. The Labute approximate surface area is 156 Å². The van der Waals surface area contributed by atoms with Gasteiger partial charge < -0.3 is 4.57 Å². The average molecular weight is 364 g/mol. The molecule has 132 valence electrons. The van der Waals surface area contributed by atoms with Gasteiger partial charge in [0.1, 0.15) is 10.5 Å². The number of aryl methyl sites for hydroxylation is 1. The highest BCUT2D eigenvalue weighted by Gasteiger charge is 2.40. The number of thiazole rings is 1. The number of rotatable bonds is 4. The summed E-state index contributed by atoms with van der Waals surface area (Å²) < 4.78 is 1.84. The number of fused-ring (bicyclic) bond motifs is 1. The van der Waals surface area contributed by atoms with E-state index in [1.165, 1.54) is 5.56 Å². The topological polar surface area (TPSA) is 52.0 Å². The smallest absolute Gasteiger partial charge is 0.179 e. The molecule has 1 unspecified atom stereocenters. The molecule has 0 amide bonds. The third-order valence-corrected chi connectivity index (χ3v) is 6.25. The molecule has 5 heteroatoms. The first-order valence-electron chi connectivity index (χ1n) is 8.73. The molecule has 2 aromatic heterocycles. The third-order valence-electron chi connectivity index (χ3n) is 5.21. The van der Waals surface area contributed by atoms with Crippen LogP contribution >= 0.6 is 11.3 Å². The van der Waals surface area contributed by atoms with Crippen LogP contribution in [0, 0.1) is 6.92 Å². The van der Waals surface area contributed by atoms with Gasteiger partial charge in [-0.05, 0) is 38.0 Å². The van der Waals surface area contributed by atoms with Crippen molar-refractivity contribution in [2.24, 2.45) is 0 Å². The van der Waals surface area contributed by atoms with E-state index in [1.54, 1.807) is 17.4 Å². The lowest BCUT2D eigenvalue weighted by molar-refractivity contribution is -0.126. The Morgan fingerprint density at radius 1 is 1.27 bits per heavy atom. The Morgan fingerprint density at radius 3 is 2.81 bits per heavy atom. The molecular formula is C21H20N2O2S. The molecule has 0 bridgehead atoms. The van der Waals surface area contributed by atoms with Gasteiger partial charge in [-0.15, -0.1) is 11.3 Å². The van der Waals surface area contributed by atoms with Crippen molar-refractivity contribution in [3.05, 3.63) is 65.1 Å². The van der Waals surface area contributed by atoms with E-state index in [4.69, 9.17) is 0 Å². The Bertz CT molecular complexity index is 984. The van der Waals surface area contributed by atoms with E-state index >= 15 is 0 Å². The predicted octanol–water partition coefficient (Wildman–Crippen LogP) is 4.42. The Morgan fingerprint density at radius 2 is 2.04 bits per heavy atom. The van der Waals surface area contributed by atoms with Gasteiger partial charge in [-0.3, -0.25) is 9.59 Å². The number of hydrogen-bond donors (Lipinski definition) is 0. The van der Waals surface area contributed by atoms with Crippen LogP contribution in [0.4, 0.5) is 0 Å². The zero-order valence-electron chi connectivity index (χ0n) is 14.9. The van der Waals surface area contributed by atoms with Crippen LogP contribution in [0.25, 0.3) is 10.4 Å². The van der Waals surface area contributed by atoms with Crippen molar-refractivity contribution in [1.82, 2.24) is 9.55 Å². The lowest BCUT2D eigenvalue weighted by Gasteiger charge is -2.34. The fourth-order valence-corrected chi connectivity index (χ4v) is 4.41. The summed E-state index contributed by atoms with van der Waals surface area (Å²) in [5, 5.41) is 0.817. The second-order valence-corrected chi connectivity index (χ2v) is 8.16. The quantitative estimate of drug-likeness (QED) is 0.688. The minimum Gasteiger partial charge on any atom is -0.332 e.